The molecular weight excluding hydrogens is 282 g/mol. The van der Waals surface area contributed by atoms with Crippen molar-refractivity contribution in [1.82, 2.24) is 5.32 Å². The SMILES string of the molecule is CC(NC(=O)CSCC(=O)O)c1ccc(Cl)s1. The Morgan fingerprint density at radius 1 is 1.53 bits per heavy atom. The predicted octanol–water partition coefficient (Wildman–Crippen LogP) is 2.40. The summed E-state index contributed by atoms with van der Waals surface area (Å²) in [5.41, 5.74) is 0. The summed E-state index contributed by atoms with van der Waals surface area (Å²) in [5, 5.41) is 11.2. The monoisotopic (exact) mass is 293 g/mol. The fraction of sp³-hybridized carbons (Fsp3) is 0.400. The molecule has 0 saturated heterocycles. The van der Waals surface area contributed by atoms with Crippen molar-refractivity contribution in [3.8, 4) is 0 Å². The van der Waals surface area contributed by atoms with Gasteiger partial charge in [-0.15, -0.1) is 23.1 Å². The summed E-state index contributed by atoms with van der Waals surface area (Å²) in [7, 11) is 0. The molecule has 0 spiro atoms. The maximum absolute atomic E-state index is 11.5. The van der Waals surface area contributed by atoms with Crippen molar-refractivity contribution in [2.45, 2.75) is 13.0 Å². The summed E-state index contributed by atoms with van der Waals surface area (Å²) in [6.45, 7) is 1.86. The number of nitrogens with one attached hydrogen (secondary N) is 1. The van der Waals surface area contributed by atoms with E-state index < -0.39 is 5.97 Å². The average molecular weight is 294 g/mol. The van der Waals surface area contributed by atoms with Crippen molar-refractivity contribution < 1.29 is 14.7 Å². The summed E-state index contributed by atoms with van der Waals surface area (Å²) in [6, 6.07) is 3.54. The molecule has 0 bridgehead atoms. The summed E-state index contributed by atoms with van der Waals surface area (Å²) in [4.78, 5) is 22.7. The van der Waals surface area contributed by atoms with Crippen molar-refractivity contribution in [2.75, 3.05) is 11.5 Å². The Kier molecular flexibility index (Phi) is 5.80. The van der Waals surface area contributed by atoms with Gasteiger partial charge in [0.05, 0.1) is 21.9 Å². The van der Waals surface area contributed by atoms with Crippen molar-refractivity contribution >= 4 is 46.6 Å². The Bertz CT molecular complexity index is 408. The smallest absolute Gasteiger partial charge is 0.313 e. The van der Waals surface area contributed by atoms with E-state index in [1.165, 1.54) is 11.3 Å². The minimum atomic E-state index is -0.916. The van der Waals surface area contributed by atoms with Crippen LogP contribution in [0.3, 0.4) is 0 Å². The van der Waals surface area contributed by atoms with Gasteiger partial charge in [0.1, 0.15) is 0 Å². The lowest BCUT2D eigenvalue weighted by Crippen LogP contribution is -2.28. The van der Waals surface area contributed by atoms with E-state index in [-0.39, 0.29) is 23.5 Å². The summed E-state index contributed by atoms with van der Waals surface area (Å²) < 4.78 is 0.682. The lowest BCUT2D eigenvalue weighted by Gasteiger charge is -2.11. The van der Waals surface area contributed by atoms with E-state index in [1.54, 1.807) is 6.07 Å². The van der Waals surface area contributed by atoms with Gasteiger partial charge in [-0.2, -0.15) is 0 Å². The van der Waals surface area contributed by atoms with E-state index in [2.05, 4.69) is 5.32 Å². The first kappa shape index (κ1) is 14.3. The standard InChI is InChI=1S/C10H12ClNO3S2/c1-6(7-2-3-8(11)17-7)12-9(13)4-16-5-10(14)15/h2-3,6H,4-5H2,1H3,(H,12,13)(H,14,15). The van der Waals surface area contributed by atoms with Gasteiger partial charge in [-0.25, -0.2) is 0 Å². The molecule has 17 heavy (non-hydrogen) atoms. The Hall–Kier alpha value is -0.720. The highest BCUT2D eigenvalue weighted by molar-refractivity contribution is 8.00. The van der Waals surface area contributed by atoms with Gasteiger partial charge in [-0.3, -0.25) is 9.59 Å². The first-order valence-corrected chi connectivity index (χ1v) is 7.18. The molecule has 0 aromatic carbocycles. The van der Waals surface area contributed by atoms with Gasteiger partial charge in [0.15, 0.2) is 0 Å². The molecule has 4 nitrogen and oxygen atoms in total. The maximum Gasteiger partial charge on any atom is 0.313 e. The molecule has 1 aromatic heterocycles. The number of hydrogen-bond donors (Lipinski definition) is 2. The number of hydrogen-bond acceptors (Lipinski definition) is 4. The second-order valence-corrected chi connectivity index (χ2v) is 6.05. The lowest BCUT2D eigenvalue weighted by atomic mass is 10.3. The quantitative estimate of drug-likeness (QED) is 0.845. The second-order valence-electron chi connectivity index (χ2n) is 3.32. The summed E-state index contributed by atoms with van der Waals surface area (Å²) in [5.74, 6) is -1.00. The van der Waals surface area contributed by atoms with Crippen LogP contribution in [0.2, 0.25) is 4.34 Å². The molecule has 0 aliphatic heterocycles. The van der Waals surface area contributed by atoms with Gasteiger partial charge in [-0.05, 0) is 19.1 Å². The maximum atomic E-state index is 11.5. The molecule has 0 saturated carbocycles. The summed E-state index contributed by atoms with van der Waals surface area (Å²) >= 11 is 8.29. The van der Waals surface area contributed by atoms with Crippen LogP contribution >= 0.6 is 34.7 Å². The minimum absolute atomic E-state index is 0.0629. The molecular formula is C10H12ClNO3S2. The van der Waals surface area contributed by atoms with Crippen LogP contribution in [-0.4, -0.2) is 28.5 Å². The molecule has 1 aromatic rings. The van der Waals surface area contributed by atoms with Gasteiger partial charge < -0.3 is 10.4 Å². The molecule has 1 rings (SSSR count). The van der Waals surface area contributed by atoms with Gasteiger partial charge in [0.2, 0.25) is 5.91 Å². The van der Waals surface area contributed by atoms with Crippen LogP contribution in [0.15, 0.2) is 12.1 Å². The fourth-order valence-electron chi connectivity index (χ4n) is 1.15. The number of carbonyl (C=O) groups excluding carboxylic acids is 1. The zero-order valence-corrected chi connectivity index (χ0v) is 11.5. The molecule has 7 heteroatoms. The molecule has 2 N–H and O–H groups in total. The zero-order chi connectivity index (χ0) is 12.8. The largest absolute Gasteiger partial charge is 0.481 e. The molecule has 1 heterocycles. The number of aliphatic carboxylic acids is 1. The highest BCUT2D eigenvalue weighted by Crippen LogP contribution is 2.26. The van der Waals surface area contributed by atoms with Crippen molar-refractivity contribution in [1.29, 1.82) is 0 Å². The van der Waals surface area contributed by atoms with Gasteiger partial charge >= 0.3 is 5.97 Å². The van der Waals surface area contributed by atoms with E-state index >= 15 is 0 Å². The van der Waals surface area contributed by atoms with Gasteiger partial charge in [-0.1, -0.05) is 11.6 Å². The van der Waals surface area contributed by atoms with Crippen LogP contribution in [0.25, 0.3) is 0 Å². The van der Waals surface area contributed by atoms with Crippen LogP contribution in [0.5, 0.6) is 0 Å². The Labute approximate surface area is 112 Å². The molecule has 1 amide bonds. The minimum Gasteiger partial charge on any atom is -0.481 e. The molecule has 0 aliphatic carbocycles. The van der Waals surface area contributed by atoms with Gasteiger partial charge in [0.25, 0.3) is 0 Å². The Morgan fingerprint density at radius 3 is 2.76 bits per heavy atom. The normalized spacial score (nSPS) is 12.1. The average Bonchev–Trinajstić information content (AvgIpc) is 2.64. The molecule has 1 unspecified atom stereocenters. The lowest BCUT2D eigenvalue weighted by molar-refractivity contribution is -0.133. The summed E-state index contributed by atoms with van der Waals surface area (Å²) in [6.07, 6.45) is 0. The molecule has 0 aliphatic rings. The number of carboxylic acids is 1. The molecule has 0 fully saturated rings. The third-order valence-electron chi connectivity index (χ3n) is 1.86. The highest BCUT2D eigenvalue weighted by Gasteiger charge is 2.11. The van der Waals surface area contributed by atoms with Crippen molar-refractivity contribution in [3.63, 3.8) is 0 Å². The van der Waals surface area contributed by atoms with E-state index in [0.717, 1.165) is 16.6 Å². The fourth-order valence-corrected chi connectivity index (χ4v) is 2.76. The number of carboxylic acid groups (broad SMARTS) is 1. The molecule has 0 radical (unpaired) electrons. The van der Waals surface area contributed by atoms with Crippen LogP contribution in [0, 0.1) is 0 Å². The van der Waals surface area contributed by atoms with E-state index in [4.69, 9.17) is 16.7 Å². The van der Waals surface area contributed by atoms with Crippen molar-refractivity contribution in [2.24, 2.45) is 0 Å². The number of rotatable bonds is 6. The topological polar surface area (TPSA) is 66.4 Å². The van der Waals surface area contributed by atoms with Crippen LogP contribution in [0.4, 0.5) is 0 Å². The van der Waals surface area contributed by atoms with Crippen molar-refractivity contribution in [3.05, 3.63) is 21.3 Å². The van der Waals surface area contributed by atoms with E-state index in [1.807, 2.05) is 13.0 Å². The Morgan fingerprint density at radius 2 is 2.24 bits per heavy atom. The number of halogens is 1. The number of amides is 1. The predicted molar refractivity (Wildman–Crippen MR) is 70.8 cm³/mol. The number of thiophene rings is 1. The molecule has 1 atom stereocenters. The van der Waals surface area contributed by atoms with Gasteiger partial charge in [0, 0.05) is 4.88 Å². The van der Waals surface area contributed by atoms with Crippen LogP contribution in [-0.2, 0) is 9.59 Å². The van der Waals surface area contributed by atoms with E-state index in [9.17, 15) is 9.59 Å². The first-order valence-electron chi connectivity index (χ1n) is 4.83. The van der Waals surface area contributed by atoms with Crippen LogP contribution in [0.1, 0.15) is 17.8 Å². The number of carbonyl (C=O) groups is 2. The zero-order valence-electron chi connectivity index (χ0n) is 9.10. The first-order chi connectivity index (χ1) is 7.99. The number of thioether (sulfide) groups is 1. The van der Waals surface area contributed by atoms with E-state index in [0.29, 0.717) is 4.34 Å². The van der Waals surface area contributed by atoms with Crippen LogP contribution < -0.4 is 5.32 Å². The third-order valence-corrected chi connectivity index (χ3v) is 4.19. The molecule has 94 valence electrons. The third kappa shape index (κ3) is 5.43. The second kappa shape index (κ2) is 6.88. The Balaban J connectivity index is 2.33. The highest BCUT2D eigenvalue weighted by atomic mass is 35.5.